The van der Waals surface area contributed by atoms with Crippen LogP contribution in [0.2, 0.25) is 5.02 Å². The molecule has 0 spiro atoms. The van der Waals surface area contributed by atoms with E-state index in [2.05, 4.69) is 4.90 Å². The first kappa shape index (κ1) is 18.3. The third kappa shape index (κ3) is 4.72. The topological polar surface area (TPSA) is 96.2 Å². The largest absolute Gasteiger partial charge is 0.493 e. The number of carboxylic acid groups (broad SMARTS) is 1. The van der Waals surface area contributed by atoms with Gasteiger partial charge in [0.2, 0.25) is 0 Å². The van der Waals surface area contributed by atoms with Crippen molar-refractivity contribution in [3.8, 4) is 5.75 Å². The summed E-state index contributed by atoms with van der Waals surface area (Å²) in [7, 11) is 0. The number of carbonyl (C=O) groups is 1. The molecule has 0 radical (unpaired) electrons. The lowest BCUT2D eigenvalue weighted by Crippen LogP contribution is -2.48. The standard InChI is InChI=1S/C15H20ClN3O5/c1-11-9-13(19(22)23)12(16)10-14(11)24-8-2-3-17-4-6-18(7-5-17)15(20)21/h9-10H,2-8H2,1H3,(H,20,21). The predicted molar refractivity (Wildman–Crippen MR) is 89.0 cm³/mol. The van der Waals surface area contributed by atoms with Gasteiger partial charge in [-0.3, -0.25) is 15.0 Å². The highest BCUT2D eigenvalue weighted by Crippen LogP contribution is 2.31. The first-order valence-corrected chi connectivity index (χ1v) is 8.04. The Morgan fingerprint density at radius 2 is 2.04 bits per heavy atom. The van der Waals surface area contributed by atoms with Crippen LogP contribution in [0.4, 0.5) is 10.5 Å². The second-order valence-corrected chi connectivity index (χ2v) is 6.05. The average Bonchev–Trinajstić information content (AvgIpc) is 2.54. The molecule has 8 nitrogen and oxygen atoms in total. The molecule has 9 heteroatoms. The summed E-state index contributed by atoms with van der Waals surface area (Å²) in [4.78, 5) is 24.7. The van der Waals surface area contributed by atoms with Gasteiger partial charge in [-0.05, 0) is 18.9 Å². The lowest BCUT2D eigenvalue weighted by Gasteiger charge is -2.32. The van der Waals surface area contributed by atoms with Crippen LogP contribution in [-0.2, 0) is 0 Å². The summed E-state index contributed by atoms with van der Waals surface area (Å²) in [5.74, 6) is 0.543. The van der Waals surface area contributed by atoms with E-state index < -0.39 is 11.0 Å². The Morgan fingerprint density at radius 3 is 2.62 bits per heavy atom. The molecule has 0 unspecified atom stereocenters. The van der Waals surface area contributed by atoms with Crippen molar-refractivity contribution < 1.29 is 19.6 Å². The molecule has 1 saturated heterocycles. The van der Waals surface area contributed by atoms with E-state index in [1.165, 1.54) is 17.0 Å². The number of aryl methyl sites for hydroxylation is 1. The van der Waals surface area contributed by atoms with Crippen LogP contribution in [0.1, 0.15) is 12.0 Å². The van der Waals surface area contributed by atoms with Crippen LogP contribution >= 0.6 is 11.6 Å². The molecule has 24 heavy (non-hydrogen) atoms. The first-order valence-electron chi connectivity index (χ1n) is 7.66. The molecule has 0 aliphatic carbocycles. The van der Waals surface area contributed by atoms with E-state index in [4.69, 9.17) is 21.4 Å². The minimum atomic E-state index is -0.872. The van der Waals surface area contributed by atoms with Crippen molar-refractivity contribution in [2.45, 2.75) is 13.3 Å². The summed E-state index contributed by atoms with van der Waals surface area (Å²) in [5.41, 5.74) is 0.541. The minimum absolute atomic E-state index is 0.0605. The number of rotatable bonds is 6. The molecule has 0 saturated carbocycles. The Morgan fingerprint density at radius 1 is 1.38 bits per heavy atom. The van der Waals surface area contributed by atoms with Crippen LogP contribution in [0.25, 0.3) is 0 Å². The smallest absolute Gasteiger partial charge is 0.407 e. The van der Waals surface area contributed by atoms with E-state index in [9.17, 15) is 14.9 Å². The molecule has 1 heterocycles. The van der Waals surface area contributed by atoms with Gasteiger partial charge in [-0.15, -0.1) is 0 Å². The zero-order valence-corrected chi connectivity index (χ0v) is 14.2. The third-order valence-corrected chi connectivity index (χ3v) is 4.26. The van der Waals surface area contributed by atoms with E-state index >= 15 is 0 Å². The maximum absolute atomic E-state index is 10.8. The van der Waals surface area contributed by atoms with Gasteiger partial charge in [0.15, 0.2) is 0 Å². The minimum Gasteiger partial charge on any atom is -0.493 e. The summed E-state index contributed by atoms with van der Waals surface area (Å²) in [5, 5.41) is 19.8. The SMILES string of the molecule is Cc1cc([N+](=O)[O-])c(Cl)cc1OCCCN1CCN(C(=O)O)CC1. The van der Waals surface area contributed by atoms with Crippen LogP contribution < -0.4 is 4.74 Å². The molecule has 0 aromatic heterocycles. The Kier molecular flexibility index (Phi) is 6.22. The fourth-order valence-electron chi connectivity index (χ4n) is 2.58. The summed E-state index contributed by atoms with van der Waals surface area (Å²) < 4.78 is 5.66. The van der Waals surface area contributed by atoms with Gasteiger partial charge in [0.1, 0.15) is 10.8 Å². The maximum atomic E-state index is 10.8. The Balaban J connectivity index is 1.76. The number of ether oxygens (including phenoxy) is 1. The second kappa shape index (κ2) is 8.16. The van der Waals surface area contributed by atoms with Gasteiger partial charge in [-0.1, -0.05) is 11.6 Å². The molecular weight excluding hydrogens is 338 g/mol. The molecule has 1 fully saturated rings. The molecule has 1 aliphatic heterocycles. The van der Waals surface area contributed by atoms with Crippen molar-refractivity contribution in [3.63, 3.8) is 0 Å². The number of piperazine rings is 1. The van der Waals surface area contributed by atoms with Crippen molar-refractivity contribution in [1.29, 1.82) is 0 Å². The second-order valence-electron chi connectivity index (χ2n) is 5.64. The fourth-order valence-corrected chi connectivity index (χ4v) is 2.80. The molecular formula is C15H20ClN3O5. The number of nitro benzene ring substituents is 1. The molecule has 1 aromatic rings. The Hall–Kier alpha value is -2.06. The zero-order valence-electron chi connectivity index (χ0n) is 13.4. The number of benzene rings is 1. The Labute approximate surface area is 144 Å². The number of hydrogen-bond acceptors (Lipinski definition) is 5. The van der Waals surface area contributed by atoms with Crippen LogP contribution in [0, 0.1) is 17.0 Å². The highest BCUT2D eigenvalue weighted by atomic mass is 35.5. The monoisotopic (exact) mass is 357 g/mol. The maximum Gasteiger partial charge on any atom is 0.407 e. The van der Waals surface area contributed by atoms with Gasteiger partial charge >= 0.3 is 6.09 Å². The van der Waals surface area contributed by atoms with Crippen LogP contribution in [0.3, 0.4) is 0 Å². The van der Waals surface area contributed by atoms with E-state index in [1.807, 2.05) is 0 Å². The van der Waals surface area contributed by atoms with Gasteiger partial charge in [-0.2, -0.15) is 0 Å². The van der Waals surface area contributed by atoms with E-state index in [1.54, 1.807) is 6.92 Å². The van der Waals surface area contributed by atoms with Crippen molar-refractivity contribution in [2.24, 2.45) is 0 Å². The summed E-state index contributed by atoms with van der Waals surface area (Å²) in [6.45, 7) is 5.50. The summed E-state index contributed by atoms with van der Waals surface area (Å²) in [6, 6.07) is 2.88. The van der Waals surface area contributed by atoms with Gasteiger partial charge < -0.3 is 14.7 Å². The Bertz CT molecular complexity index is 617. The van der Waals surface area contributed by atoms with E-state index in [-0.39, 0.29) is 10.7 Å². The van der Waals surface area contributed by atoms with Crippen molar-refractivity contribution >= 4 is 23.4 Å². The number of hydrogen-bond donors (Lipinski definition) is 1. The molecule has 0 bridgehead atoms. The zero-order chi connectivity index (χ0) is 17.7. The third-order valence-electron chi connectivity index (χ3n) is 3.96. The molecule has 132 valence electrons. The van der Waals surface area contributed by atoms with Crippen molar-refractivity contribution in [1.82, 2.24) is 9.80 Å². The van der Waals surface area contributed by atoms with E-state index in [0.717, 1.165) is 13.0 Å². The fraction of sp³-hybridized carbons (Fsp3) is 0.533. The van der Waals surface area contributed by atoms with Crippen LogP contribution in [0.15, 0.2) is 12.1 Å². The van der Waals surface area contributed by atoms with Gasteiger partial charge in [0.25, 0.3) is 5.69 Å². The molecule has 1 aromatic carbocycles. The summed E-state index contributed by atoms with van der Waals surface area (Å²) in [6.07, 6.45) is -0.0929. The molecule has 2 rings (SSSR count). The van der Waals surface area contributed by atoms with Crippen LogP contribution in [0.5, 0.6) is 5.75 Å². The van der Waals surface area contributed by atoms with Gasteiger partial charge in [-0.25, -0.2) is 4.79 Å². The molecule has 0 atom stereocenters. The quantitative estimate of drug-likeness (QED) is 0.477. The van der Waals surface area contributed by atoms with Crippen molar-refractivity contribution in [3.05, 3.63) is 32.8 Å². The predicted octanol–water partition coefficient (Wildman–Crippen LogP) is 2.62. The molecule has 1 aliphatic rings. The normalized spacial score (nSPS) is 15.3. The highest BCUT2D eigenvalue weighted by Gasteiger charge is 2.20. The van der Waals surface area contributed by atoms with E-state index in [0.29, 0.717) is 44.1 Å². The number of nitrogens with zero attached hydrogens (tertiary/aromatic N) is 3. The lowest BCUT2D eigenvalue weighted by molar-refractivity contribution is -0.384. The van der Waals surface area contributed by atoms with Gasteiger partial charge in [0.05, 0.1) is 11.5 Å². The molecule has 1 N–H and O–H groups in total. The number of amides is 1. The lowest BCUT2D eigenvalue weighted by atomic mass is 10.2. The van der Waals surface area contributed by atoms with Crippen LogP contribution in [-0.4, -0.2) is 65.3 Å². The van der Waals surface area contributed by atoms with Gasteiger partial charge in [0, 0.05) is 44.9 Å². The first-order chi connectivity index (χ1) is 11.4. The molecule has 1 amide bonds. The highest BCUT2D eigenvalue weighted by molar-refractivity contribution is 6.32. The number of halogens is 1. The average molecular weight is 358 g/mol. The summed E-state index contributed by atoms with van der Waals surface area (Å²) >= 11 is 5.89. The number of nitro groups is 1. The van der Waals surface area contributed by atoms with Crippen molar-refractivity contribution in [2.75, 3.05) is 39.3 Å².